The smallest absolute Gasteiger partial charge is 0.338 e. The summed E-state index contributed by atoms with van der Waals surface area (Å²) in [6, 6.07) is 11.3. The molecule has 122 valence electrons. The van der Waals surface area contributed by atoms with Crippen LogP contribution in [0.3, 0.4) is 0 Å². The maximum absolute atomic E-state index is 12.0. The topological polar surface area (TPSA) is 60.3 Å². The van der Waals surface area contributed by atoms with Gasteiger partial charge in [-0.2, -0.15) is 0 Å². The molecular weight excluding hydrogens is 292 g/mol. The molecule has 1 heterocycles. The molecule has 1 aromatic heterocycles. The molecule has 5 heteroatoms. The number of aromatic nitrogens is 1. The van der Waals surface area contributed by atoms with Gasteiger partial charge in [0, 0.05) is 23.1 Å². The van der Waals surface area contributed by atoms with E-state index in [1.165, 1.54) is 0 Å². The summed E-state index contributed by atoms with van der Waals surface area (Å²) in [7, 11) is 0. The number of hydrogen-bond acceptors (Lipinski definition) is 3. The summed E-state index contributed by atoms with van der Waals surface area (Å²) in [5.74, 6) is -0.806. The van der Waals surface area contributed by atoms with Crippen molar-refractivity contribution in [2.75, 3.05) is 6.61 Å². The number of hydrogen-bond donors (Lipinski definition) is 1. The van der Waals surface area contributed by atoms with E-state index in [-0.39, 0.29) is 18.6 Å². The minimum Gasteiger partial charge on any atom is -0.452 e. The van der Waals surface area contributed by atoms with E-state index in [1.54, 1.807) is 12.1 Å². The minimum absolute atomic E-state index is 0.0218. The molecule has 23 heavy (non-hydrogen) atoms. The predicted octanol–water partition coefficient (Wildman–Crippen LogP) is 2.78. The summed E-state index contributed by atoms with van der Waals surface area (Å²) in [5.41, 5.74) is 3.67. The molecule has 0 saturated carbocycles. The number of rotatable bonds is 5. The van der Waals surface area contributed by atoms with E-state index in [0.717, 1.165) is 17.1 Å². The third-order valence-corrected chi connectivity index (χ3v) is 3.42. The molecule has 1 aromatic carbocycles. The van der Waals surface area contributed by atoms with Crippen LogP contribution in [0.5, 0.6) is 0 Å². The second-order valence-corrected chi connectivity index (χ2v) is 5.80. The van der Waals surface area contributed by atoms with Crippen molar-refractivity contribution in [2.45, 2.75) is 33.7 Å². The lowest BCUT2D eigenvalue weighted by molar-refractivity contribution is -0.124. The molecule has 0 radical (unpaired) electrons. The van der Waals surface area contributed by atoms with Crippen LogP contribution in [0.15, 0.2) is 36.4 Å². The fraction of sp³-hybridized carbons (Fsp3) is 0.333. The van der Waals surface area contributed by atoms with Crippen molar-refractivity contribution in [1.82, 2.24) is 9.88 Å². The second kappa shape index (κ2) is 7.13. The van der Waals surface area contributed by atoms with Crippen molar-refractivity contribution in [3.05, 3.63) is 53.3 Å². The Labute approximate surface area is 136 Å². The van der Waals surface area contributed by atoms with Crippen LogP contribution in [0.1, 0.15) is 35.6 Å². The Morgan fingerprint density at radius 3 is 2.13 bits per heavy atom. The lowest BCUT2D eigenvalue weighted by Gasteiger charge is -2.11. The normalized spacial score (nSPS) is 10.7. The maximum Gasteiger partial charge on any atom is 0.338 e. The zero-order valence-corrected chi connectivity index (χ0v) is 13.9. The molecule has 0 aliphatic carbocycles. The van der Waals surface area contributed by atoms with Crippen LogP contribution in [0, 0.1) is 13.8 Å². The van der Waals surface area contributed by atoms with Crippen molar-refractivity contribution >= 4 is 11.9 Å². The zero-order valence-electron chi connectivity index (χ0n) is 13.9. The highest BCUT2D eigenvalue weighted by molar-refractivity contribution is 5.91. The third kappa shape index (κ3) is 4.22. The summed E-state index contributed by atoms with van der Waals surface area (Å²) in [6.45, 7) is 7.49. The van der Waals surface area contributed by atoms with Crippen LogP contribution >= 0.6 is 0 Å². The van der Waals surface area contributed by atoms with Gasteiger partial charge in [-0.25, -0.2) is 4.79 Å². The van der Waals surface area contributed by atoms with Gasteiger partial charge in [0.2, 0.25) is 0 Å². The Morgan fingerprint density at radius 1 is 1.04 bits per heavy atom. The monoisotopic (exact) mass is 314 g/mol. The van der Waals surface area contributed by atoms with Gasteiger partial charge >= 0.3 is 5.97 Å². The van der Waals surface area contributed by atoms with Gasteiger partial charge in [-0.3, -0.25) is 4.79 Å². The number of carbonyl (C=O) groups is 2. The summed E-state index contributed by atoms with van der Waals surface area (Å²) >= 11 is 0. The largest absolute Gasteiger partial charge is 0.452 e. The molecule has 1 amide bonds. The first-order chi connectivity index (χ1) is 10.9. The van der Waals surface area contributed by atoms with Crippen LogP contribution in [0.4, 0.5) is 0 Å². The maximum atomic E-state index is 12.0. The Kier molecular flexibility index (Phi) is 5.21. The van der Waals surface area contributed by atoms with Gasteiger partial charge in [0.25, 0.3) is 5.91 Å². The van der Waals surface area contributed by atoms with Gasteiger partial charge in [0.15, 0.2) is 6.61 Å². The third-order valence-electron chi connectivity index (χ3n) is 3.42. The number of ether oxygens (including phenoxy) is 1. The number of amides is 1. The average Bonchev–Trinajstić information content (AvgIpc) is 2.83. The fourth-order valence-electron chi connectivity index (χ4n) is 2.40. The van der Waals surface area contributed by atoms with Gasteiger partial charge in [0.05, 0.1) is 5.56 Å². The van der Waals surface area contributed by atoms with Crippen LogP contribution in [-0.4, -0.2) is 29.1 Å². The van der Waals surface area contributed by atoms with Crippen LogP contribution < -0.4 is 5.32 Å². The molecule has 0 aliphatic rings. The molecule has 0 fully saturated rings. The Balaban J connectivity index is 2.02. The molecule has 0 aliphatic heterocycles. The molecule has 2 rings (SSSR count). The number of carbonyl (C=O) groups excluding carboxylic acids is 2. The summed E-state index contributed by atoms with van der Waals surface area (Å²) < 4.78 is 7.11. The van der Waals surface area contributed by atoms with Crippen LogP contribution in [-0.2, 0) is 9.53 Å². The van der Waals surface area contributed by atoms with E-state index in [9.17, 15) is 9.59 Å². The lowest BCUT2D eigenvalue weighted by Crippen LogP contribution is -2.33. The first-order valence-corrected chi connectivity index (χ1v) is 7.60. The molecule has 1 N–H and O–H groups in total. The predicted molar refractivity (Wildman–Crippen MR) is 88.8 cm³/mol. The first kappa shape index (κ1) is 16.8. The molecule has 0 unspecified atom stereocenters. The molecule has 5 nitrogen and oxygen atoms in total. The van der Waals surface area contributed by atoms with E-state index < -0.39 is 5.97 Å². The van der Waals surface area contributed by atoms with E-state index in [4.69, 9.17) is 4.74 Å². The number of esters is 1. The van der Waals surface area contributed by atoms with E-state index in [1.807, 2.05) is 52.0 Å². The Bertz CT molecular complexity index is 680. The van der Waals surface area contributed by atoms with E-state index in [0.29, 0.717) is 5.56 Å². The molecule has 0 saturated heterocycles. The van der Waals surface area contributed by atoms with Crippen LogP contribution in [0.2, 0.25) is 0 Å². The highest BCUT2D eigenvalue weighted by atomic mass is 16.5. The second-order valence-electron chi connectivity index (χ2n) is 5.80. The molecule has 0 atom stereocenters. The average molecular weight is 314 g/mol. The Hall–Kier alpha value is -2.56. The molecular formula is C18H22N2O3. The summed E-state index contributed by atoms with van der Waals surface area (Å²) in [6.07, 6.45) is 0. The number of aryl methyl sites for hydroxylation is 2. The lowest BCUT2D eigenvalue weighted by atomic mass is 10.2. The van der Waals surface area contributed by atoms with Crippen molar-refractivity contribution in [2.24, 2.45) is 0 Å². The van der Waals surface area contributed by atoms with Gasteiger partial charge in [-0.05, 0) is 64.1 Å². The van der Waals surface area contributed by atoms with E-state index >= 15 is 0 Å². The Morgan fingerprint density at radius 2 is 1.61 bits per heavy atom. The number of nitrogens with one attached hydrogen (secondary N) is 1. The first-order valence-electron chi connectivity index (χ1n) is 7.60. The van der Waals surface area contributed by atoms with Crippen molar-refractivity contribution in [1.29, 1.82) is 0 Å². The van der Waals surface area contributed by atoms with Crippen molar-refractivity contribution < 1.29 is 14.3 Å². The van der Waals surface area contributed by atoms with Gasteiger partial charge in [-0.1, -0.05) is 0 Å². The SMILES string of the molecule is Cc1ccc(C)n1-c1ccc(C(=O)OCC(=O)NC(C)C)cc1. The summed E-state index contributed by atoms with van der Waals surface area (Å²) in [5, 5.41) is 2.67. The molecule has 2 aromatic rings. The molecule has 0 spiro atoms. The van der Waals surface area contributed by atoms with E-state index in [2.05, 4.69) is 9.88 Å². The minimum atomic E-state index is -0.503. The number of benzene rings is 1. The summed E-state index contributed by atoms with van der Waals surface area (Å²) in [4.78, 5) is 23.4. The standard InChI is InChI=1S/C18H22N2O3/c1-12(2)19-17(21)11-23-18(22)15-7-9-16(10-8-15)20-13(3)5-6-14(20)4/h5-10,12H,11H2,1-4H3,(H,19,21). The van der Waals surface area contributed by atoms with Gasteiger partial charge < -0.3 is 14.6 Å². The van der Waals surface area contributed by atoms with Crippen molar-refractivity contribution in [3.8, 4) is 5.69 Å². The van der Waals surface area contributed by atoms with Gasteiger partial charge in [-0.15, -0.1) is 0 Å². The zero-order chi connectivity index (χ0) is 17.0. The fourth-order valence-corrected chi connectivity index (χ4v) is 2.40. The highest BCUT2D eigenvalue weighted by Crippen LogP contribution is 2.17. The van der Waals surface area contributed by atoms with Crippen LogP contribution in [0.25, 0.3) is 5.69 Å². The highest BCUT2D eigenvalue weighted by Gasteiger charge is 2.11. The number of nitrogens with zero attached hydrogens (tertiary/aromatic N) is 1. The molecule has 0 bridgehead atoms. The van der Waals surface area contributed by atoms with Gasteiger partial charge in [0.1, 0.15) is 0 Å². The quantitative estimate of drug-likeness (QED) is 0.863. The van der Waals surface area contributed by atoms with Crippen molar-refractivity contribution in [3.63, 3.8) is 0 Å².